The van der Waals surface area contributed by atoms with E-state index in [-0.39, 0.29) is 157 Å². The van der Waals surface area contributed by atoms with Gasteiger partial charge in [0.15, 0.2) is 0 Å². The Morgan fingerprint density at radius 3 is 0.300 bits per heavy atom. The van der Waals surface area contributed by atoms with E-state index in [9.17, 15) is 0 Å². The van der Waals surface area contributed by atoms with E-state index in [1.54, 1.807) is 0 Å². The Labute approximate surface area is 154 Å². The first-order valence-electron chi connectivity index (χ1n) is 0. The molecule has 0 aliphatic heterocycles. The van der Waals surface area contributed by atoms with Gasteiger partial charge in [-0.15, -0.1) is 0 Å². The van der Waals surface area contributed by atoms with Gasteiger partial charge in [0.05, 0.1) is 0 Å². The SMILES string of the molecule is [N-3].[N-3].[N-3].[N-3].[Ta].[Ta].[Ta].[Ti+4].[Ti+4].[Ti+4]. The van der Waals surface area contributed by atoms with E-state index in [4.69, 9.17) is 0 Å². The summed E-state index contributed by atoms with van der Waals surface area (Å²) < 4.78 is 0. The molecule has 0 N–H and O–H groups in total. The van der Waals surface area contributed by atoms with Gasteiger partial charge in [-0.1, -0.05) is 0 Å². The zero-order valence-corrected chi connectivity index (χ0v) is 19.0. The van der Waals surface area contributed by atoms with Crippen LogP contribution >= 0.6 is 0 Å². The van der Waals surface area contributed by atoms with Crippen molar-refractivity contribution in [1.82, 2.24) is 0 Å². The van der Waals surface area contributed by atoms with Gasteiger partial charge in [-0.3, -0.25) is 0 Å². The van der Waals surface area contributed by atoms with Gasteiger partial charge >= 0.3 is 65.2 Å². The van der Waals surface area contributed by atoms with E-state index in [2.05, 4.69) is 0 Å². The molecule has 0 aromatic carbocycles. The number of nitrogens with zero attached hydrogens (tertiary/aromatic N) is 4. The van der Waals surface area contributed by atoms with Gasteiger partial charge in [-0.2, -0.15) is 0 Å². The van der Waals surface area contributed by atoms with Crippen molar-refractivity contribution >= 4 is 0 Å². The summed E-state index contributed by atoms with van der Waals surface area (Å²) in [6.45, 7) is 0. The Morgan fingerprint density at radius 1 is 0.300 bits per heavy atom. The maximum Gasteiger partial charge on any atom is 4.00 e. The van der Waals surface area contributed by atoms with Crippen LogP contribution in [0.5, 0.6) is 0 Å². The molecule has 0 amide bonds. The predicted molar refractivity (Wildman–Crippen MR) is 13.4 cm³/mol. The van der Waals surface area contributed by atoms with Crippen LogP contribution in [0.1, 0.15) is 0 Å². The summed E-state index contributed by atoms with van der Waals surface area (Å²) in [6, 6.07) is 0. The van der Waals surface area contributed by atoms with E-state index >= 15 is 0 Å². The average molecular weight is 742 g/mol. The van der Waals surface area contributed by atoms with Crippen LogP contribution in [0.4, 0.5) is 0 Å². The molecule has 4 nitrogen and oxygen atoms in total. The van der Waals surface area contributed by atoms with Crippen LogP contribution in [-0.4, -0.2) is 0 Å². The summed E-state index contributed by atoms with van der Waals surface area (Å²) in [5.74, 6) is 0. The van der Waals surface area contributed by atoms with Crippen molar-refractivity contribution in [2.45, 2.75) is 0 Å². The molecule has 10 heavy (non-hydrogen) atoms. The largest absolute Gasteiger partial charge is 4.00 e. The van der Waals surface area contributed by atoms with Gasteiger partial charge in [0.25, 0.3) is 0 Å². The summed E-state index contributed by atoms with van der Waals surface area (Å²) >= 11 is 0. The molecule has 0 rings (SSSR count). The van der Waals surface area contributed by atoms with E-state index in [1.807, 2.05) is 0 Å². The van der Waals surface area contributed by atoms with Gasteiger partial charge < -0.3 is 24.6 Å². The second kappa shape index (κ2) is 111. The molecule has 0 aliphatic rings. The van der Waals surface area contributed by atoms with Crippen molar-refractivity contribution in [2.75, 3.05) is 0 Å². The first-order chi connectivity index (χ1) is 0. The van der Waals surface area contributed by atoms with Crippen molar-refractivity contribution < 1.29 is 132 Å². The summed E-state index contributed by atoms with van der Waals surface area (Å²) in [6.07, 6.45) is 0. The molecular weight excluding hydrogens is 742 g/mol. The standard InChI is InChI=1S/4N.3Ta.3Ti/q4*-3;;;;3*+4. The number of rotatable bonds is 0. The molecule has 0 saturated carbocycles. The first kappa shape index (κ1) is 140. The molecule has 0 spiro atoms. The van der Waals surface area contributed by atoms with Crippen LogP contribution in [0.15, 0.2) is 0 Å². The number of hydrogen-bond donors (Lipinski definition) is 0. The van der Waals surface area contributed by atoms with Crippen molar-refractivity contribution in [3.63, 3.8) is 0 Å². The summed E-state index contributed by atoms with van der Waals surface area (Å²) in [5, 5.41) is 0. The van der Waals surface area contributed by atoms with E-state index < -0.39 is 0 Å². The van der Waals surface area contributed by atoms with Crippen LogP contribution in [0.2, 0.25) is 0 Å². The topological polar surface area (TPSA) is 122 Å². The van der Waals surface area contributed by atoms with Crippen LogP contribution in [0, 0.1) is 0 Å². The fraction of sp³-hybridized carbons (Fsp3) is 0. The fourth-order valence-electron chi connectivity index (χ4n) is 0. The molecule has 47 valence electrons. The zero-order valence-electron chi connectivity index (χ0n) is 4.63. The van der Waals surface area contributed by atoms with Crippen LogP contribution in [-0.2, 0) is 132 Å². The average Bonchev–Trinajstić information content (AvgIpc) is 0. The number of hydrogen-bond acceptors (Lipinski definition) is 0. The molecule has 0 saturated heterocycles. The predicted octanol–water partition coefficient (Wildman–Crippen LogP) is 1.14. The second-order valence-corrected chi connectivity index (χ2v) is 0. The minimum Gasteiger partial charge on any atom is -3.00 e. The quantitative estimate of drug-likeness (QED) is 0.331. The molecule has 0 aromatic heterocycles. The molecule has 10 heteroatoms. The van der Waals surface area contributed by atoms with Crippen LogP contribution in [0.25, 0.3) is 24.6 Å². The Balaban J connectivity index is 0. The third kappa shape index (κ3) is 86.7. The molecule has 0 unspecified atom stereocenters. The Bertz CT molecular complexity index is 15.7. The minimum absolute atomic E-state index is 0. The van der Waals surface area contributed by atoms with Crippen molar-refractivity contribution in [3.05, 3.63) is 24.6 Å². The van der Waals surface area contributed by atoms with Gasteiger partial charge in [0.1, 0.15) is 0 Å². The molecule has 3 radical (unpaired) electrons. The van der Waals surface area contributed by atoms with Crippen molar-refractivity contribution in [3.8, 4) is 0 Å². The zero-order chi connectivity index (χ0) is 0. The second-order valence-electron chi connectivity index (χ2n) is 0. The smallest absolute Gasteiger partial charge is 3.00 e. The molecule has 0 bridgehead atoms. The summed E-state index contributed by atoms with van der Waals surface area (Å²) in [4.78, 5) is 0. The Hall–Kier alpha value is 4.20. The van der Waals surface area contributed by atoms with E-state index in [0.29, 0.717) is 0 Å². The minimum atomic E-state index is 0. The molecule has 0 aliphatic carbocycles. The molecular formula is N4Ta3Ti3. The Kier molecular flexibility index (Phi) is 1560. The van der Waals surface area contributed by atoms with Gasteiger partial charge in [-0.05, 0) is 0 Å². The molecule has 0 aromatic rings. The van der Waals surface area contributed by atoms with Gasteiger partial charge in [0, 0.05) is 67.1 Å². The van der Waals surface area contributed by atoms with Gasteiger partial charge in [0.2, 0.25) is 0 Å². The molecule has 0 atom stereocenters. The first-order valence-corrected chi connectivity index (χ1v) is 0. The normalized spacial score (nSPS) is 0. The third-order valence-electron chi connectivity index (χ3n) is 0. The van der Waals surface area contributed by atoms with Gasteiger partial charge in [-0.25, -0.2) is 0 Å². The van der Waals surface area contributed by atoms with Crippen molar-refractivity contribution in [1.29, 1.82) is 0 Å². The fourth-order valence-corrected chi connectivity index (χ4v) is 0. The van der Waals surface area contributed by atoms with Crippen LogP contribution < -0.4 is 0 Å². The molecule has 0 fully saturated rings. The van der Waals surface area contributed by atoms with Crippen molar-refractivity contribution in [2.24, 2.45) is 0 Å². The third-order valence-corrected chi connectivity index (χ3v) is 0. The monoisotopic (exact) mass is 743 g/mol. The van der Waals surface area contributed by atoms with E-state index in [1.165, 1.54) is 0 Å². The maximum atomic E-state index is 0. The maximum absolute atomic E-state index is 0. The van der Waals surface area contributed by atoms with E-state index in [0.717, 1.165) is 0 Å². The van der Waals surface area contributed by atoms with Crippen LogP contribution in [0.3, 0.4) is 0 Å². The molecule has 0 heterocycles. The Morgan fingerprint density at radius 2 is 0.300 bits per heavy atom. The summed E-state index contributed by atoms with van der Waals surface area (Å²) in [5.41, 5.74) is 0. The summed E-state index contributed by atoms with van der Waals surface area (Å²) in [7, 11) is 0.